The second kappa shape index (κ2) is 9.67. The lowest BCUT2D eigenvalue weighted by Crippen LogP contribution is -2.33. The van der Waals surface area contributed by atoms with Gasteiger partial charge in [-0.15, -0.1) is 24.8 Å². The van der Waals surface area contributed by atoms with Crippen LogP contribution in [0.2, 0.25) is 0 Å². The molecular weight excluding hydrogens is 386 g/mol. The summed E-state index contributed by atoms with van der Waals surface area (Å²) in [5.41, 5.74) is 3.52. The number of rotatable bonds is 3. The molecule has 0 aliphatic carbocycles. The maximum Gasteiger partial charge on any atom is 0.136 e. The van der Waals surface area contributed by atoms with Gasteiger partial charge in [0.25, 0.3) is 0 Å². The molecule has 0 saturated carbocycles. The third kappa shape index (κ3) is 4.89. The molecule has 3 heterocycles. The number of piperidine rings is 1. The average molecular weight is 413 g/mol. The van der Waals surface area contributed by atoms with Crippen LogP contribution in [0.15, 0.2) is 24.3 Å². The summed E-state index contributed by atoms with van der Waals surface area (Å²) >= 11 is 0. The summed E-state index contributed by atoms with van der Waals surface area (Å²) in [6, 6.07) is 6.79. The van der Waals surface area contributed by atoms with E-state index in [0.717, 1.165) is 68.3 Å². The number of aryl methyl sites for hydroxylation is 1. The second-order valence-electron chi connectivity index (χ2n) is 7.16. The highest BCUT2D eigenvalue weighted by Gasteiger charge is 2.25. The minimum atomic E-state index is -0.187. The van der Waals surface area contributed by atoms with E-state index < -0.39 is 0 Å². The van der Waals surface area contributed by atoms with Crippen molar-refractivity contribution in [3.05, 3.63) is 52.7 Å². The molecule has 2 aliphatic heterocycles. The van der Waals surface area contributed by atoms with E-state index in [9.17, 15) is 4.39 Å². The van der Waals surface area contributed by atoms with Crippen LogP contribution in [0.1, 0.15) is 47.8 Å². The smallest absolute Gasteiger partial charge is 0.136 e. The number of aromatic nitrogens is 2. The van der Waals surface area contributed by atoms with Crippen LogP contribution >= 0.6 is 24.8 Å². The summed E-state index contributed by atoms with van der Waals surface area (Å²) < 4.78 is 13.2. The summed E-state index contributed by atoms with van der Waals surface area (Å²) in [4.78, 5) is 12.2. The van der Waals surface area contributed by atoms with Gasteiger partial charge in [-0.3, -0.25) is 0 Å². The Kier molecular flexibility index (Phi) is 7.83. The van der Waals surface area contributed by atoms with Crippen molar-refractivity contribution in [2.45, 2.75) is 45.1 Å². The van der Waals surface area contributed by atoms with E-state index in [4.69, 9.17) is 9.97 Å². The lowest BCUT2D eigenvalue weighted by molar-refractivity contribution is 0.444. The van der Waals surface area contributed by atoms with E-state index in [-0.39, 0.29) is 30.6 Å². The topological polar surface area (TPSA) is 41.1 Å². The molecule has 0 bridgehead atoms. The third-order valence-corrected chi connectivity index (χ3v) is 5.31. The van der Waals surface area contributed by atoms with E-state index in [1.165, 1.54) is 24.1 Å². The molecule has 0 spiro atoms. The Morgan fingerprint density at radius 1 is 1.15 bits per heavy atom. The van der Waals surface area contributed by atoms with Crippen LogP contribution in [0.5, 0.6) is 0 Å². The summed E-state index contributed by atoms with van der Waals surface area (Å²) in [6.45, 7) is 5.93. The van der Waals surface area contributed by atoms with Gasteiger partial charge in [0.1, 0.15) is 17.5 Å². The molecule has 1 aromatic carbocycles. The maximum absolute atomic E-state index is 13.2. The highest BCUT2D eigenvalue weighted by atomic mass is 35.5. The van der Waals surface area contributed by atoms with Crippen LogP contribution in [0.25, 0.3) is 0 Å². The van der Waals surface area contributed by atoms with Crippen molar-refractivity contribution in [1.29, 1.82) is 0 Å². The zero-order chi connectivity index (χ0) is 17.2. The molecule has 1 saturated heterocycles. The predicted molar refractivity (Wildman–Crippen MR) is 112 cm³/mol. The van der Waals surface area contributed by atoms with Gasteiger partial charge < -0.3 is 10.2 Å². The number of nitrogens with zero attached hydrogens (tertiary/aromatic N) is 3. The van der Waals surface area contributed by atoms with Crippen LogP contribution in [0, 0.1) is 12.7 Å². The zero-order valence-corrected chi connectivity index (χ0v) is 17.2. The number of anilines is 1. The molecule has 1 fully saturated rings. The van der Waals surface area contributed by atoms with E-state index in [2.05, 4.69) is 17.1 Å². The van der Waals surface area contributed by atoms with E-state index >= 15 is 0 Å². The van der Waals surface area contributed by atoms with Crippen molar-refractivity contribution in [3.8, 4) is 0 Å². The number of fused-ring (bicyclic) bond motifs is 1. The first kappa shape index (κ1) is 21.9. The van der Waals surface area contributed by atoms with E-state index in [0.29, 0.717) is 5.92 Å². The fraction of sp³-hybridized carbons (Fsp3) is 0.500. The van der Waals surface area contributed by atoms with Crippen molar-refractivity contribution >= 4 is 30.6 Å². The SMILES string of the molecule is Cc1nc(C2CCCNC2)nc2c1CCCN2Cc1ccc(F)cc1.Cl.Cl. The van der Waals surface area contributed by atoms with Gasteiger partial charge in [-0.25, -0.2) is 14.4 Å². The summed E-state index contributed by atoms with van der Waals surface area (Å²) in [6.07, 6.45) is 4.50. The monoisotopic (exact) mass is 412 g/mol. The zero-order valence-electron chi connectivity index (χ0n) is 15.6. The Balaban J connectivity index is 0.00000131. The number of hydrogen-bond donors (Lipinski definition) is 1. The van der Waals surface area contributed by atoms with Gasteiger partial charge >= 0.3 is 0 Å². The fourth-order valence-corrected chi connectivity index (χ4v) is 3.93. The highest BCUT2D eigenvalue weighted by Crippen LogP contribution is 2.31. The molecule has 1 aromatic heterocycles. The lowest BCUT2D eigenvalue weighted by Gasteiger charge is -2.32. The van der Waals surface area contributed by atoms with Crippen LogP contribution in [-0.4, -0.2) is 29.6 Å². The molecular formula is C20H27Cl2FN4. The minimum absolute atomic E-state index is 0. The summed E-state index contributed by atoms with van der Waals surface area (Å²) in [7, 11) is 0. The van der Waals surface area contributed by atoms with Crippen molar-refractivity contribution in [3.63, 3.8) is 0 Å². The maximum atomic E-state index is 13.2. The number of halogens is 3. The lowest BCUT2D eigenvalue weighted by atomic mass is 9.97. The Morgan fingerprint density at radius 2 is 1.93 bits per heavy atom. The molecule has 0 amide bonds. The van der Waals surface area contributed by atoms with Crippen LogP contribution in [-0.2, 0) is 13.0 Å². The third-order valence-electron chi connectivity index (χ3n) is 5.31. The molecule has 7 heteroatoms. The first-order valence-corrected chi connectivity index (χ1v) is 9.28. The Morgan fingerprint density at radius 3 is 2.63 bits per heavy atom. The van der Waals surface area contributed by atoms with E-state index in [1.807, 2.05) is 12.1 Å². The molecule has 2 aromatic rings. The normalized spacial score (nSPS) is 18.9. The van der Waals surface area contributed by atoms with Crippen molar-refractivity contribution in [2.75, 3.05) is 24.5 Å². The van der Waals surface area contributed by atoms with Gasteiger partial charge in [0.2, 0.25) is 0 Å². The van der Waals surface area contributed by atoms with Gasteiger partial charge in [-0.2, -0.15) is 0 Å². The number of nitrogens with one attached hydrogen (secondary N) is 1. The largest absolute Gasteiger partial charge is 0.352 e. The van der Waals surface area contributed by atoms with Gasteiger partial charge in [0.05, 0.1) is 0 Å². The molecule has 27 heavy (non-hydrogen) atoms. The molecule has 2 aliphatic rings. The second-order valence-corrected chi connectivity index (χ2v) is 7.16. The summed E-state index contributed by atoms with van der Waals surface area (Å²) in [5.74, 6) is 2.29. The molecule has 4 rings (SSSR count). The molecule has 0 radical (unpaired) electrons. The first-order valence-electron chi connectivity index (χ1n) is 9.28. The Labute approximate surface area is 172 Å². The summed E-state index contributed by atoms with van der Waals surface area (Å²) in [5, 5.41) is 3.46. The molecule has 1 N–H and O–H groups in total. The van der Waals surface area contributed by atoms with Crippen molar-refractivity contribution in [1.82, 2.24) is 15.3 Å². The Bertz CT molecular complexity index is 748. The standard InChI is InChI=1S/C20H25FN4.2ClH/c1-14-18-5-3-11-25(13-15-6-8-17(21)9-7-15)20(18)24-19(23-14)16-4-2-10-22-12-16;;/h6-9,16,22H,2-5,10-13H2,1H3;2*1H. The van der Waals surface area contributed by atoms with Crippen molar-refractivity contribution in [2.24, 2.45) is 0 Å². The van der Waals surface area contributed by atoms with E-state index in [1.54, 1.807) is 0 Å². The number of hydrogen-bond acceptors (Lipinski definition) is 4. The van der Waals surface area contributed by atoms with Crippen LogP contribution in [0.4, 0.5) is 10.2 Å². The number of benzene rings is 1. The van der Waals surface area contributed by atoms with Crippen molar-refractivity contribution < 1.29 is 4.39 Å². The fourth-order valence-electron chi connectivity index (χ4n) is 3.93. The first-order chi connectivity index (χ1) is 12.2. The average Bonchev–Trinajstić information content (AvgIpc) is 2.65. The predicted octanol–water partition coefficient (Wildman–Crippen LogP) is 4.19. The van der Waals surface area contributed by atoms with Gasteiger partial charge in [-0.05, 0) is 56.8 Å². The quantitative estimate of drug-likeness (QED) is 0.820. The highest BCUT2D eigenvalue weighted by molar-refractivity contribution is 5.85. The van der Waals surface area contributed by atoms with Crippen LogP contribution in [0.3, 0.4) is 0 Å². The van der Waals surface area contributed by atoms with Gasteiger partial charge in [0.15, 0.2) is 0 Å². The molecule has 1 atom stereocenters. The molecule has 4 nitrogen and oxygen atoms in total. The van der Waals surface area contributed by atoms with Gasteiger partial charge in [0, 0.05) is 36.8 Å². The van der Waals surface area contributed by atoms with Crippen LogP contribution < -0.4 is 10.2 Å². The molecule has 148 valence electrons. The minimum Gasteiger partial charge on any atom is -0.352 e. The molecule has 1 unspecified atom stereocenters. The Hall–Kier alpha value is -1.43. The van der Waals surface area contributed by atoms with Gasteiger partial charge in [-0.1, -0.05) is 12.1 Å².